The van der Waals surface area contributed by atoms with Gasteiger partial charge in [0, 0.05) is 6.04 Å². The molecule has 1 fully saturated rings. The van der Waals surface area contributed by atoms with Crippen LogP contribution in [0.4, 0.5) is 13.2 Å². The van der Waals surface area contributed by atoms with Crippen LogP contribution in [0.2, 0.25) is 0 Å². The summed E-state index contributed by atoms with van der Waals surface area (Å²) >= 11 is 1.91. The van der Waals surface area contributed by atoms with Crippen molar-refractivity contribution in [3.05, 3.63) is 35.4 Å². The Hall–Kier alpha value is -0.680. The summed E-state index contributed by atoms with van der Waals surface area (Å²) in [5, 5.41) is 0. The normalized spacial score (nSPS) is 19.8. The second kappa shape index (κ2) is 5.53. The van der Waals surface area contributed by atoms with Gasteiger partial charge in [0.1, 0.15) is 0 Å². The Kier molecular flexibility index (Phi) is 4.22. The first-order chi connectivity index (χ1) is 8.48. The summed E-state index contributed by atoms with van der Waals surface area (Å²) in [6.45, 7) is 0. The lowest BCUT2D eigenvalue weighted by molar-refractivity contribution is -0.137. The molecule has 1 atom stereocenters. The molecule has 1 aromatic carbocycles. The Morgan fingerprint density at radius 1 is 1.11 bits per heavy atom. The number of rotatable bonds is 2. The molecule has 1 nitrogen and oxygen atoms in total. The number of hydrogen-bond acceptors (Lipinski definition) is 2. The van der Waals surface area contributed by atoms with Crippen molar-refractivity contribution in [3.8, 4) is 0 Å². The molecule has 1 unspecified atom stereocenters. The van der Waals surface area contributed by atoms with Crippen LogP contribution in [0.5, 0.6) is 0 Å². The third kappa shape index (κ3) is 3.20. The van der Waals surface area contributed by atoms with E-state index in [4.69, 9.17) is 5.73 Å². The van der Waals surface area contributed by atoms with Crippen LogP contribution >= 0.6 is 11.8 Å². The van der Waals surface area contributed by atoms with E-state index in [1.165, 1.54) is 12.1 Å². The summed E-state index contributed by atoms with van der Waals surface area (Å²) in [6, 6.07) is 5.11. The van der Waals surface area contributed by atoms with E-state index in [-0.39, 0.29) is 6.04 Å². The maximum absolute atomic E-state index is 12.4. The molecular weight excluding hydrogens is 259 g/mol. The Morgan fingerprint density at radius 3 is 2.17 bits per heavy atom. The molecule has 5 heteroatoms. The second-order valence-corrected chi connectivity index (χ2v) is 5.82. The van der Waals surface area contributed by atoms with E-state index >= 15 is 0 Å². The Balaban J connectivity index is 2.09. The minimum atomic E-state index is -4.27. The quantitative estimate of drug-likeness (QED) is 0.887. The number of hydrogen-bond donors (Lipinski definition) is 1. The molecule has 0 aromatic heterocycles. The van der Waals surface area contributed by atoms with Gasteiger partial charge in [0.05, 0.1) is 5.56 Å². The molecule has 1 aliphatic rings. The summed E-state index contributed by atoms with van der Waals surface area (Å²) in [6.07, 6.45) is -2.18. The molecule has 1 aliphatic heterocycles. The van der Waals surface area contributed by atoms with Gasteiger partial charge in [-0.3, -0.25) is 0 Å². The molecule has 18 heavy (non-hydrogen) atoms. The first-order valence-electron chi connectivity index (χ1n) is 5.99. The first kappa shape index (κ1) is 13.7. The molecule has 0 saturated carbocycles. The van der Waals surface area contributed by atoms with Crippen LogP contribution in [0.15, 0.2) is 24.3 Å². The predicted octanol–water partition coefficient (Wildman–Crippen LogP) is 3.85. The van der Waals surface area contributed by atoms with Crippen LogP contribution in [0.25, 0.3) is 0 Å². The van der Waals surface area contributed by atoms with E-state index in [1.807, 2.05) is 11.8 Å². The van der Waals surface area contributed by atoms with Gasteiger partial charge in [-0.1, -0.05) is 12.1 Å². The van der Waals surface area contributed by atoms with Crippen molar-refractivity contribution in [2.75, 3.05) is 11.5 Å². The van der Waals surface area contributed by atoms with Gasteiger partial charge < -0.3 is 5.73 Å². The number of thioether (sulfide) groups is 1. The summed E-state index contributed by atoms with van der Waals surface area (Å²) in [5.74, 6) is 2.58. The lowest BCUT2D eigenvalue weighted by Crippen LogP contribution is -2.25. The third-order valence-corrected chi connectivity index (χ3v) is 4.45. The smallest absolute Gasteiger partial charge is 0.324 e. The fourth-order valence-corrected chi connectivity index (χ4v) is 3.38. The van der Waals surface area contributed by atoms with E-state index < -0.39 is 11.7 Å². The van der Waals surface area contributed by atoms with Gasteiger partial charge in [-0.2, -0.15) is 24.9 Å². The summed E-state index contributed by atoms with van der Waals surface area (Å²) in [5.41, 5.74) is 6.33. The topological polar surface area (TPSA) is 26.0 Å². The zero-order chi connectivity index (χ0) is 13.2. The highest BCUT2D eigenvalue weighted by Crippen LogP contribution is 2.34. The second-order valence-electron chi connectivity index (χ2n) is 4.60. The molecule has 0 spiro atoms. The van der Waals surface area contributed by atoms with Gasteiger partial charge in [-0.25, -0.2) is 0 Å². The van der Waals surface area contributed by atoms with Crippen LogP contribution < -0.4 is 5.73 Å². The van der Waals surface area contributed by atoms with Crippen molar-refractivity contribution in [2.24, 2.45) is 11.7 Å². The molecule has 0 radical (unpaired) electrons. The van der Waals surface area contributed by atoms with Crippen molar-refractivity contribution in [3.63, 3.8) is 0 Å². The Morgan fingerprint density at radius 2 is 1.67 bits per heavy atom. The van der Waals surface area contributed by atoms with Gasteiger partial charge in [0.25, 0.3) is 0 Å². The number of alkyl halides is 3. The summed E-state index contributed by atoms with van der Waals surface area (Å²) in [4.78, 5) is 0. The minimum absolute atomic E-state index is 0.145. The number of nitrogens with two attached hydrogens (primary N) is 1. The first-order valence-corrected chi connectivity index (χ1v) is 7.14. The summed E-state index contributed by atoms with van der Waals surface area (Å²) < 4.78 is 37.3. The largest absolute Gasteiger partial charge is 0.416 e. The molecule has 2 rings (SSSR count). The maximum atomic E-state index is 12.4. The van der Waals surface area contributed by atoms with Gasteiger partial charge in [0.2, 0.25) is 0 Å². The molecule has 0 bridgehead atoms. The molecule has 100 valence electrons. The molecule has 0 amide bonds. The lowest BCUT2D eigenvalue weighted by atomic mass is 9.89. The average Bonchev–Trinajstić information content (AvgIpc) is 2.38. The van der Waals surface area contributed by atoms with E-state index in [0.29, 0.717) is 5.92 Å². The van der Waals surface area contributed by atoms with Crippen LogP contribution in [0.1, 0.15) is 30.0 Å². The highest BCUT2D eigenvalue weighted by atomic mass is 32.2. The Labute approximate surface area is 109 Å². The van der Waals surface area contributed by atoms with Crippen LogP contribution in [0.3, 0.4) is 0 Å². The fourth-order valence-electron chi connectivity index (χ4n) is 2.24. The zero-order valence-electron chi connectivity index (χ0n) is 9.91. The number of halogens is 3. The van der Waals surface area contributed by atoms with Crippen molar-refractivity contribution >= 4 is 11.8 Å². The van der Waals surface area contributed by atoms with E-state index in [1.54, 1.807) is 0 Å². The maximum Gasteiger partial charge on any atom is 0.416 e. The molecule has 2 N–H and O–H groups in total. The molecule has 1 heterocycles. The molecule has 1 aromatic rings. The highest BCUT2D eigenvalue weighted by molar-refractivity contribution is 7.99. The summed E-state index contributed by atoms with van der Waals surface area (Å²) in [7, 11) is 0. The van der Waals surface area contributed by atoms with Gasteiger partial charge in [0.15, 0.2) is 0 Å². The van der Waals surface area contributed by atoms with Crippen molar-refractivity contribution in [2.45, 2.75) is 25.1 Å². The SMILES string of the molecule is NC(c1ccc(C(F)(F)F)cc1)C1CCSCC1. The zero-order valence-corrected chi connectivity index (χ0v) is 10.7. The van der Waals surface area contributed by atoms with Crippen molar-refractivity contribution in [1.29, 1.82) is 0 Å². The molecule has 1 saturated heterocycles. The average molecular weight is 275 g/mol. The molecule has 0 aliphatic carbocycles. The van der Waals surface area contributed by atoms with Crippen LogP contribution in [-0.2, 0) is 6.18 Å². The van der Waals surface area contributed by atoms with Gasteiger partial charge in [-0.05, 0) is 48.0 Å². The monoisotopic (exact) mass is 275 g/mol. The lowest BCUT2D eigenvalue weighted by Gasteiger charge is -2.27. The van der Waals surface area contributed by atoms with Crippen LogP contribution in [0, 0.1) is 5.92 Å². The standard InChI is InChI=1S/C13H16F3NS/c14-13(15,16)11-3-1-9(2-4-11)12(17)10-5-7-18-8-6-10/h1-4,10,12H,5-8,17H2. The van der Waals surface area contributed by atoms with Crippen molar-refractivity contribution in [1.82, 2.24) is 0 Å². The van der Waals surface area contributed by atoms with Crippen LogP contribution in [-0.4, -0.2) is 11.5 Å². The van der Waals surface area contributed by atoms with E-state index in [2.05, 4.69) is 0 Å². The minimum Gasteiger partial charge on any atom is -0.324 e. The number of benzene rings is 1. The highest BCUT2D eigenvalue weighted by Gasteiger charge is 2.30. The molecular formula is C13H16F3NS. The third-order valence-electron chi connectivity index (χ3n) is 3.40. The van der Waals surface area contributed by atoms with Crippen molar-refractivity contribution < 1.29 is 13.2 Å². The Bertz CT molecular complexity index is 382. The predicted molar refractivity (Wildman–Crippen MR) is 68.4 cm³/mol. The van der Waals surface area contributed by atoms with E-state index in [0.717, 1.165) is 42.0 Å². The fraction of sp³-hybridized carbons (Fsp3) is 0.538. The van der Waals surface area contributed by atoms with E-state index in [9.17, 15) is 13.2 Å². The van der Waals surface area contributed by atoms with Gasteiger partial charge >= 0.3 is 6.18 Å². The van der Waals surface area contributed by atoms with Gasteiger partial charge in [-0.15, -0.1) is 0 Å².